The Kier molecular flexibility index (Phi) is 10.3. The number of benzene rings is 1. The molecule has 35 heavy (non-hydrogen) atoms. The molecule has 1 aliphatic heterocycles. The summed E-state index contributed by atoms with van der Waals surface area (Å²) in [4.78, 5) is 6.49. The summed E-state index contributed by atoms with van der Waals surface area (Å²) < 4.78 is 43.7. The van der Waals surface area contributed by atoms with Crippen molar-refractivity contribution >= 4 is 17.6 Å². The lowest BCUT2D eigenvalue weighted by Gasteiger charge is -2.26. The van der Waals surface area contributed by atoms with Gasteiger partial charge in [-0.2, -0.15) is 13.2 Å². The number of methoxy groups -OCH3 is 1. The second-order valence-corrected chi connectivity index (χ2v) is 8.98. The topological polar surface area (TPSA) is 50.9 Å². The van der Waals surface area contributed by atoms with E-state index in [4.69, 9.17) is 22.1 Å². The molecule has 1 aliphatic rings. The first-order valence-corrected chi connectivity index (χ1v) is 11.6. The van der Waals surface area contributed by atoms with Gasteiger partial charge < -0.3 is 15.4 Å². The molecule has 1 aromatic carbocycles. The van der Waals surface area contributed by atoms with Gasteiger partial charge in [0.15, 0.2) is 5.96 Å². The molecule has 0 aliphatic carbocycles. The summed E-state index contributed by atoms with van der Waals surface area (Å²) >= 11 is 6.05. The number of allylic oxidation sites excluding steroid dienone is 8. The Balaban J connectivity index is 2.16. The molecule has 0 radical (unpaired) electrons. The molecule has 2 rings (SSSR count). The lowest BCUT2D eigenvalue weighted by atomic mass is 9.89. The third-order valence-corrected chi connectivity index (χ3v) is 6.13. The number of guanidine groups is 1. The SMILES string of the molecule is CO/C(C)=C/C=C(\C)C(C/C(C)=C/C=C\Cc1ccc(C(F)(F)F)cc1Cl)C1=CCN(C)C(N)=N1. The molecule has 0 aromatic heterocycles. The van der Waals surface area contributed by atoms with Gasteiger partial charge in [0.2, 0.25) is 0 Å². The Bertz CT molecular complexity index is 1080. The molecular formula is C27H33ClF3N3O. The van der Waals surface area contributed by atoms with Crippen molar-refractivity contribution in [3.8, 4) is 0 Å². The molecular weight excluding hydrogens is 475 g/mol. The zero-order chi connectivity index (χ0) is 26.2. The molecule has 0 saturated carbocycles. The third kappa shape index (κ3) is 8.66. The van der Waals surface area contributed by atoms with Gasteiger partial charge in [0, 0.05) is 30.2 Å². The molecule has 0 bridgehead atoms. The van der Waals surface area contributed by atoms with Crippen LogP contribution in [0.3, 0.4) is 0 Å². The number of nitrogens with zero attached hydrogens (tertiary/aromatic N) is 2. The quantitative estimate of drug-likeness (QED) is 0.288. The lowest BCUT2D eigenvalue weighted by Crippen LogP contribution is -2.37. The number of ether oxygens (including phenoxy) is 1. The van der Waals surface area contributed by atoms with E-state index >= 15 is 0 Å². The first kappa shape index (κ1) is 28.3. The van der Waals surface area contributed by atoms with E-state index in [1.165, 1.54) is 6.07 Å². The minimum Gasteiger partial charge on any atom is -0.501 e. The van der Waals surface area contributed by atoms with E-state index in [1.807, 2.05) is 56.2 Å². The first-order valence-electron chi connectivity index (χ1n) is 11.2. The monoisotopic (exact) mass is 507 g/mol. The molecule has 1 atom stereocenters. The van der Waals surface area contributed by atoms with Gasteiger partial charge in [-0.1, -0.05) is 53.1 Å². The maximum atomic E-state index is 12.8. The molecule has 0 saturated heterocycles. The van der Waals surface area contributed by atoms with Crippen molar-refractivity contribution in [2.24, 2.45) is 16.6 Å². The van der Waals surface area contributed by atoms with Crippen LogP contribution >= 0.6 is 11.6 Å². The number of likely N-dealkylation sites (N-methyl/N-ethyl adjacent to an activating group) is 1. The number of rotatable bonds is 9. The predicted octanol–water partition coefficient (Wildman–Crippen LogP) is 7.05. The number of nitrogens with two attached hydrogens (primary N) is 1. The first-order chi connectivity index (χ1) is 16.4. The molecule has 2 N–H and O–H groups in total. The van der Waals surface area contributed by atoms with E-state index in [2.05, 4.69) is 18.0 Å². The highest BCUT2D eigenvalue weighted by Gasteiger charge is 2.30. The lowest BCUT2D eigenvalue weighted by molar-refractivity contribution is -0.137. The largest absolute Gasteiger partial charge is 0.501 e. The van der Waals surface area contributed by atoms with Crippen LogP contribution in [0.4, 0.5) is 13.2 Å². The Morgan fingerprint density at radius 1 is 1.23 bits per heavy atom. The molecule has 0 amide bonds. The van der Waals surface area contributed by atoms with Crippen molar-refractivity contribution in [2.45, 2.75) is 39.8 Å². The highest BCUT2D eigenvalue weighted by molar-refractivity contribution is 6.31. The van der Waals surface area contributed by atoms with Crippen LogP contribution in [-0.4, -0.2) is 31.6 Å². The maximum absolute atomic E-state index is 12.8. The van der Waals surface area contributed by atoms with E-state index in [0.29, 0.717) is 24.5 Å². The fraction of sp³-hybridized carbons (Fsp3) is 0.370. The molecule has 8 heteroatoms. The van der Waals surface area contributed by atoms with E-state index in [1.54, 1.807) is 7.11 Å². The minimum absolute atomic E-state index is 0.0390. The smallest absolute Gasteiger partial charge is 0.416 e. The van der Waals surface area contributed by atoms with Crippen molar-refractivity contribution < 1.29 is 17.9 Å². The number of halogens is 4. The number of aliphatic imine (C=N–C) groups is 1. The van der Waals surface area contributed by atoms with Gasteiger partial charge in [-0.25, -0.2) is 4.99 Å². The number of alkyl halides is 3. The molecule has 1 heterocycles. The summed E-state index contributed by atoms with van der Waals surface area (Å²) in [6, 6.07) is 3.44. The van der Waals surface area contributed by atoms with Crippen LogP contribution < -0.4 is 5.73 Å². The van der Waals surface area contributed by atoms with Crippen LogP contribution in [0.1, 0.15) is 38.3 Å². The standard InChI is InChI=1S/C27H33ClF3N3O/c1-18(8-6-7-9-21-12-13-22(17-24(21)28)27(29,30)31)16-23(19(2)10-11-20(3)35-5)25-14-15-34(4)26(32)33-25/h6-8,10-14,17,23H,9,15-16H2,1-5H3,(H2,32,33)/b7-6-,18-8+,19-10+,20-11+. The van der Waals surface area contributed by atoms with E-state index < -0.39 is 11.7 Å². The minimum atomic E-state index is -4.41. The zero-order valence-corrected chi connectivity index (χ0v) is 21.5. The second-order valence-electron chi connectivity index (χ2n) is 8.58. The Morgan fingerprint density at radius 2 is 1.94 bits per heavy atom. The van der Waals surface area contributed by atoms with Crippen LogP contribution in [0, 0.1) is 5.92 Å². The van der Waals surface area contributed by atoms with Crippen LogP contribution in [-0.2, 0) is 17.3 Å². The molecule has 0 spiro atoms. The molecule has 0 fully saturated rings. The van der Waals surface area contributed by atoms with Crippen molar-refractivity contribution in [1.82, 2.24) is 4.90 Å². The Labute approximate surface area is 211 Å². The summed E-state index contributed by atoms with van der Waals surface area (Å²) in [6.45, 7) is 6.68. The van der Waals surface area contributed by atoms with Gasteiger partial charge in [0.1, 0.15) is 0 Å². The average Bonchev–Trinajstić information content (AvgIpc) is 2.80. The van der Waals surface area contributed by atoms with Crippen LogP contribution in [0.25, 0.3) is 0 Å². The van der Waals surface area contributed by atoms with Crippen LogP contribution in [0.5, 0.6) is 0 Å². The summed E-state index contributed by atoms with van der Waals surface area (Å²) in [5, 5.41) is 0.107. The molecule has 4 nitrogen and oxygen atoms in total. The fourth-order valence-electron chi connectivity index (χ4n) is 3.45. The van der Waals surface area contributed by atoms with Gasteiger partial charge in [-0.15, -0.1) is 0 Å². The van der Waals surface area contributed by atoms with Crippen LogP contribution in [0.15, 0.2) is 82.3 Å². The summed E-state index contributed by atoms with van der Waals surface area (Å²) in [6.07, 6.45) is 8.58. The average molecular weight is 508 g/mol. The molecule has 190 valence electrons. The summed E-state index contributed by atoms with van der Waals surface area (Å²) in [5.41, 5.74) is 9.13. The molecule has 1 aromatic rings. The fourth-order valence-corrected chi connectivity index (χ4v) is 3.70. The van der Waals surface area contributed by atoms with E-state index in [-0.39, 0.29) is 10.9 Å². The van der Waals surface area contributed by atoms with Gasteiger partial charge >= 0.3 is 6.18 Å². The van der Waals surface area contributed by atoms with Crippen molar-refractivity contribution in [3.63, 3.8) is 0 Å². The van der Waals surface area contributed by atoms with Gasteiger partial charge in [-0.3, -0.25) is 0 Å². The van der Waals surface area contributed by atoms with Crippen LogP contribution in [0.2, 0.25) is 5.02 Å². The molecule has 1 unspecified atom stereocenters. The van der Waals surface area contributed by atoms with E-state index in [9.17, 15) is 13.2 Å². The number of hydrogen-bond donors (Lipinski definition) is 1. The Hall–Kier alpha value is -2.93. The summed E-state index contributed by atoms with van der Waals surface area (Å²) in [5.74, 6) is 1.33. The van der Waals surface area contributed by atoms with Gasteiger partial charge in [0.05, 0.1) is 18.4 Å². The maximum Gasteiger partial charge on any atom is 0.416 e. The van der Waals surface area contributed by atoms with Crippen molar-refractivity contribution in [1.29, 1.82) is 0 Å². The normalized spacial score (nSPS) is 16.9. The van der Waals surface area contributed by atoms with E-state index in [0.717, 1.165) is 41.2 Å². The zero-order valence-electron chi connectivity index (χ0n) is 20.8. The summed E-state index contributed by atoms with van der Waals surface area (Å²) in [7, 11) is 3.53. The van der Waals surface area contributed by atoms with Gasteiger partial charge in [-0.05, 0) is 63.5 Å². The van der Waals surface area contributed by atoms with Crippen molar-refractivity contribution in [2.75, 3.05) is 20.7 Å². The highest BCUT2D eigenvalue weighted by atomic mass is 35.5. The highest BCUT2D eigenvalue weighted by Crippen LogP contribution is 2.32. The predicted molar refractivity (Wildman–Crippen MR) is 138 cm³/mol. The third-order valence-electron chi connectivity index (χ3n) is 5.78. The Morgan fingerprint density at radius 3 is 2.54 bits per heavy atom. The second kappa shape index (κ2) is 12.7. The number of hydrogen-bond acceptors (Lipinski definition) is 4. The van der Waals surface area contributed by atoms with Crippen molar-refractivity contribution in [3.05, 3.63) is 93.4 Å². The van der Waals surface area contributed by atoms with Gasteiger partial charge in [0.25, 0.3) is 0 Å².